The van der Waals surface area contributed by atoms with Gasteiger partial charge in [0.25, 0.3) is 0 Å². The van der Waals surface area contributed by atoms with Gasteiger partial charge in [0.1, 0.15) is 6.10 Å². The summed E-state index contributed by atoms with van der Waals surface area (Å²) in [5.74, 6) is 0.616. The molecule has 0 radical (unpaired) electrons. The Morgan fingerprint density at radius 2 is 2.50 bits per heavy atom. The molecule has 1 heterocycles. The van der Waals surface area contributed by atoms with Gasteiger partial charge in [-0.2, -0.15) is 5.21 Å². The molecule has 0 saturated heterocycles. The van der Waals surface area contributed by atoms with Gasteiger partial charge in [0, 0.05) is 7.11 Å². The van der Waals surface area contributed by atoms with Crippen LogP contribution in [0.5, 0.6) is 0 Å². The van der Waals surface area contributed by atoms with E-state index >= 15 is 0 Å². The first-order valence-corrected chi connectivity index (χ1v) is 3.14. The van der Waals surface area contributed by atoms with Crippen molar-refractivity contribution in [3.05, 3.63) is 5.82 Å². The topological polar surface area (TPSA) is 63.7 Å². The highest BCUT2D eigenvalue weighted by molar-refractivity contribution is 4.82. The minimum Gasteiger partial charge on any atom is -0.373 e. The number of rotatable bonds is 3. The molecule has 1 N–H and O–H groups in total. The molecule has 0 aromatic carbocycles. The molecule has 10 heavy (non-hydrogen) atoms. The lowest BCUT2D eigenvalue weighted by Crippen LogP contribution is -2.01. The fraction of sp³-hybridized carbons (Fsp3) is 0.800. The van der Waals surface area contributed by atoms with Gasteiger partial charge in [-0.05, 0) is 6.42 Å². The van der Waals surface area contributed by atoms with Gasteiger partial charge in [-0.1, -0.05) is 12.1 Å². The van der Waals surface area contributed by atoms with Crippen molar-refractivity contribution in [1.29, 1.82) is 0 Å². The van der Waals surface area contributed by atoms with Crippen molar-refractivity contribution in [2.45, 2.75) is 19.4 Å². The first-order chi connectivity index (χ1) is 4.88. The number of H-pyrrole nitrogens is 1. The van der Waals surface area contributed by atoms with Crippen LogP contribution in [0.25, 0.3) is 0 Å². The summed E-state index contributed by atoms with van der Waals surface area (Å²) in [6.07, 6.45) is 0.828. The van der Waals surface area contributed by atoms with Crippen LogP contribution in [-0.4, -0.2) is 27.7 Å². The Morgan fingerprint density at radius 1 is 1.70 bits per heavy atom. The van der Waals surface area contributed by atoms with Crippen LogP contribution in [0.4, 0.5) is 0 Å². The molecular weight excluding hydrogens is 132 g/mol. The van der Waals surface area contributed by atoms with E-state index in [0.717, 1.165) is 6.42 Å². The summed E-state index contributed by atoms with van der Waals surface area (Å²) in [7, 11) is 1.63. The van der Waals surface area contributed by atoms with Crippen molar-refractivity contribution in [2.75, 3.05) is 7.11 Å². The molecule has 1 aromatic heterocycles. The molecule has 1 rings (SSSR count). The summed E-state index contributed by atoms with van der Waals surface area (Å²) in [5, 5.41) is 13.4. The Balaban J connectivity index is 2.64. The van der Waals surface area contributed by atoms with Gasteiger partial charge in [-0.15, -0.1) is 10.2 Å². The van der Waals surface area contributed by atoms with Crippen molar-refractivity contribution in [2.24, 2.45) is 0 Å². The first-order valence-electron chi connectivity index (χ1n) is 3.14. The highest BCUT2D eigenvalue weighted by atomic mass is 16.5. The van der Waals surface area contributed by atoms with Gasteiger partial charge in [-0.25, -0.2) is 0 Å². The van der Waals surface area contributed by atoms with E-state index in [2.05, 4.69) is 20.6 Å². The number of aromatic nitrogens is 4. The maximum atomic E-state index is 5.06. The third-order valence-electron chi connectivity index (χ3n) is 1.31. The van der Waals surface area contributed by atoms with E-state index in [9.17, 15) is 0 Å². The van der Waals surface area contributed by atoms with Gasteiger partial charge >= 0.3 is 0 Å². The molecule has 0 fully saturated rings. The summed E-state index contributed by atoms with van der Waals surface area (Å²) < 4.78 is 5.06. The van der Waals surface area contributed by atoms with Crippen LogP contribution in [0, 0.1) is 0 Å². The van der Waals surface area contributed by atoms with Gasteiger partial charge in [0.2, 0.25) is 5.82 Å². The third kappa shape index (κ3) is 1.30. The molecule has 1 atom stereocenters. The average molecular weight is 142 g/mol. The number of aromatic amines is 1. The maximum absolute atomic E-state index is 5.06. The molecule has 0 aliphatic rings. The lowest BCUT2D eigenvalue weighted by atomic mass is 10.3. The summed E-state index contributed by atoms with van der Waals surface area (Å²) in [6, 6.07) is 0. The fourth-order valence-corrected chi connectivity index (χ4v) is 0.761. The zero-order valence-electron chi connectivity index (χ0n) is 6.03. The zero-order valence-corrected chi connectivity index (χ0v) is 6.03. The van der Waals surface area contributed by atoms with Crippen molar-refractivity contribution < 1.29 is 4.74 Å². The quantitative estimate of drug-likeness (QED) is 0.659. The monoisotopic (exact) mass is 142 g/mol. The van der Waals surface area contributed by atoms with E-state index in [0.29, 0.717) is 5.82 Å². The number of ether oxygens (including phenoxy) is 1. The summed E-state index contributed by atoms with van der Waals surface area (Å²) >= 11 is 0. The summed E-state index contributed by atoms with van der Waals surface area (Å²) in [6.45, 7) is 2.00. The molecule has 0 bridgehead atoms. The van der Waals surface area contributed by atoms with E-state index in [1.54, 1.807) is 7.11 Å². The second-order valence-corrected chi connectivity index (χ2v) is 1.90. The number of hydrogen-bond donors (Lipinski definition) is 1. The standard InChI is InChI=1S/C5H10N4O/c1-3-4(10-2)5-6-8-9-7-5/h4H,3H2,1-2H3,(H,6,7,8,9). The Labute approximate surface area is 58.8 Å². The van der Waals surface area contributed by atoms with E-state index in [-0.39, 0.29) is 6.10 Å². The largest absolute Gasteiger partial charge is 0.373 e. The Morgan fingerprint density at radius 3 is 2.90 bits per heavy atom. The van der Waals surface area contributed by atoms with Crippen molar-refractivity contribution in [1.82, 2.24) is 20.6 Å². The number of nitrogens with zero attached hydrogens (tertiary/aromatic N) is 3. The molecule has 1 aromatic rings. The second kappa shape index (κ2) is 3.26. The van der Waals surface area contributed by atoms with Crippen LogP contribution in [0.15, 0.2) is 0 Å². The Hall–Kier alpha value is -0.970. The number of hydrogen-bond acceptors (Lipinski definition) is 4. The van der Waals surface area contributed by atoms with E-state index in [1.807, 2.05) is 6.92 Å². The molecule has 56 valence electrons. The van der Waals surface area contributed by atoms with E-state index in [1.165, 1.54) is 0 Å². The molecule has 5 nitrogen and oxygen atoms in total. The van der Waals surface area contributed by atoms with Crippen molar-refractivity contribution in [3.63, 3.8) is 0 Å². The van der Waals surface area contributed by atoms with Crippen LogP contribution >= 0.6 is 0 Å². The van der Waals surface area contributed by atoms with Gasteiger partial charge < -0.3 is 4.74 Å². The highest BCUT2D eigenvalue weighted by Gasteiger charge is 2.11. The first kappa shape index (κ1) is 7.14. The number of tetrazole rings is 1. The zero-order chi connectivity index (χ0) is 7.40. The predicted molar refractivity (Wildman–Crippen MR) is 34.2 cm³/mol. The summed E-state index contributed by atoms with van der Waals surface area (Å²) in [4.78, 5) is 0. The van der Waals surface area contributed by atoms with Crippen LogP contribution in [0.2, 0.25) is 0 Å². The molecular formula is C5H10N4O. The van der Waals surface area contributed by atoms with Crippen LogP contribution in [0.3, 0.4) is 0 Å². The fourth-order valence-electron chi connectivity index (χ4n) is 0.761. The van der Waals surface area contributed by atoms with Gasteiger partial charge in [-0.3, -0.25) is 0 Å². The van der Waals surface area contributed by atoms with Gasteiger partial charge in [0.15, 0.2) is 0 Å². The maximum Gasteiger partial charge on any atom is 0.203 e. The lowest BCUT2D eigenvalue weighted by Gasteiger charge is -2.05. The SMILES string of the molecule is CCC(OC)c1nn[nH]n1. The lowest BCUT2D eigenvalue weighted by molar-refractivity contribution is 0.0926. The van der Waals surface area contributed by atoms with Crippen molar-refractivity contribution >= 4 is 0 Å². The third-order valence-corrected chi connectivity index (χ3v) is 1.31. The minimum atomic E-state index is -0.0289. The molecule has 0 aliphatic heterocycles. The number of nitrogens with one attached hydrogen (secondary N) is 1. The molecule has 0 aliphatic carbocycles. The van der Waals surface area contributed by atoms with Gasteiger partial charge in [0.05, 0.1) is 0 Å². The Bertz CT molecular complexity index is 170. The highest BCUT2D eigenvalue weighted by Crippen LogP contribution is 2.12. The molecule has 1 unspecified atom stereocenters. The Kier molecular flexibility index (Phi) is 2.33. The predicted octanol–water partition coefficient (Wildman–Crippen LogP) is 0.297. The molecule has 0 saturated carbocycles. The minimum absolute atomic E-state index is 0.0289. The summed E-state index contributed by atoms with van der Waals surface area (Å²) in [5.41, 5.74) is 0. The van der Waals surface area contributed by atoms with Crippen LogP contribution in [-0.2, 0) is 4.74 Å². The molecule has 0 spiro atoms. The van der Waals surface area contributed by atoms with E-state index in [4.69, 9.17) is 4.74 Å². The van der Waals surface area contributed by atoms with Crippen LogP contribution in [0.1, 0.15) is 25.3 Å². The smallest absolute Gasteiger partial charge is 0.203 e. The second-order valence-electron chi connectivity index (χ2n) is 1.90. The average Bonchev–Trinajstić information content (AvgIpc) is 2.43. The van der Waals surface area contributed by atoms with E-state index < -0.39 is 0 Å². The normalized spacial score (nSPS) is 13.4. The van der Waals surface area contributed by atoms with Crippen LogP contribution < -0.4 is 0 Å². The molecule has 0 amide bonds. The van der Waals surface area contributed by atoms with Crippen molar-refractivity contribution in [3.8, 4) is 0 Å². The molecule has 5 heteroatoms. The number of methoxy groups -OCH3 is 1.